The molecule has 0 aliphatic rings. The Morgan fingerprint density at radius 3 is 2.61 bits per heavy atom. The van der Waals surface area contributed by atoms with Crippen LogP contribution in [-0.2, 0) is 0 Å². The van der Waals surface area contributed by atoms with Gasteiger partial charge in [0, 0.05) is 11.6 Å². The maximum Gasteiger partial charge on any atom is 0.252 e. The maximum absolute atomic E-state index is 12.1. The molecule has 0 unspecified atom stereocenters. The Balaban J connectivity index is 2.91. The zero-order valence-electron chi connectivity index (χ0n) is 11.0. The number of carbonyl (C=O) groups excluding carboxylic acids is 1. The molecule has 3 N–H and O–H groups in total. The first-order chi connectivity index (χ1) is 8.72. The summed E-state index contributed by atoms with van der Waals surface area (Å²) in [6, 6.07) is 7.56. The van der Waals surface area contributed by atoms with E-state index in [4.69, 9.17) is 5.73 Å². The van der Waals surface area contributed by atoms with Crippen molar-refractivity contribution >= 4 is 5.91 Å². The average Bonchev–Trinajstić information content (AvgIpc) is 2.42. The van der Waals surface area contributed by atoms with E-state index >= 15 is 0 Å². The van der Waals surface area contributed by atoms with Crippen LogP contribution in [0.2, 0.25) is 0 Å². The summed E-state index contributed by atoms with van der Waals surface area (Å²) in [5.41, 5.74) is 6.70. The zero-order chi connectivity index (χ0) is 13.4. The summed E-state index contributed by atoms with van der Waals surface area (Å²) in [5, 5.41) is 3.01. The Kier molecular flexibility index (Phi) is 5.96. The smallest absolute Gasteiger partial charge is 0.252 e. The van der Waals surface area contributed by atoms with E-state index in [1.54, 1.807) is 6.07 Å². The molecule has 0 saturated heterocycles. The molecule has 3 nitrogen and oxygen atoms in total. The molecule has 3 heteroatoms. The average molecular weight is 244 g/mol. The third kappa shape index (κ3) is 3.90. The standard InChI is InChI=1S/C15H20N2O/c1-3-13(4-2)17-15(18)14-10-6-5-8-12(14)9-7-11-16/h5-6,8,10,13H,3-4,11,16H2,1-2H3,(H,17,18). The number of nitrogens with two attached hydrogens (primary N) is 1. The van der Waals surface area contributed by atoms with Crippen molar-refractivity contribution in [2.24, 2.45) is 5.73 Å². The normalized spacial score (nSPS) is 9.78. The van der Waals surface area contributed by atoms with Crippen LogP contribution in [0, 0.1) is 11.8 Å². The van der Waals surface area contributed by atoms with Crippen LogP contribution in [0.25, 0.3) is 0 Å². The van der Waals surface area contributed by atoms with Crippen molar-refractivity contribution in [2.45, 2.75) is 32.7 Å². The Bertz CT molecular complexity index is 453. The van der Waals surface area contributed by atoms with Gasteiger partial charge in [-0.05, 0) is 25.0 Å². The van der Waals surface area contributed by atoms with Gasteiger partial charge in [-0.3, -0.25) is 4.79 Å². The summed E-state index contributed by atoms with van der Waals surface area (Å²) in [4.78, 5) is 12.1. The highest BCUT2D eigenvalue weighted by atomic mass is 16.1. The number of amides is 1. The molecule has 0 saturated carbocycles. The lowest BCUT2D eigenvalue weighted by Crippen LogP contribution is -2.34. The molecule has 0 aromatic heterocycles. The lowest BCUT2D eigenvalue weighted by Gasteiger charge is -2.15. The first-order valence-corrected chi connectivity index (χ1v) is 6.31. The molecule has 1 rings (SSSR count). The number of nitrogens with one attached hydrogen (secondary N) is 1. The van der Waals surface area contributed by atoms with Crippen molar-refractivity contribution < 1.29 is 4.79 Å². The van der Waals surface area contributed by atoms with Crippen LogP contribution in [-0.4, -0.2) is 18.5 Å². The first kappa shape index (κ1) is 14.3. The second-order valence-electron chi connectivity index (χ2n) is 4.04. The van der Waals surface area contributed by atoms with E-state index in [0.717, 1.165) is 18.4 Å². The predicted molar refractivity (Wildman–Crippen MR) is 74.2 cm³/mol. The first-order valence-electron chi connectivity index (χ1n) is 6.31. The van der Waals surface area contributed by atoms with E-state index in [1.165, 1.54) is 0 Å². The van der Waals surface area contributed by atoms with E-state index in [2.05, 4.69) is 31.0 Å². The minimum atomic E-state index is -0.0642. The molecule has 0 bridgehead atoms. The fraction of sp³-hybridized carbons (Fsp3) is 0.400. The lowest BCUT2D eigenvalue weighted by molar-refractivity contribution is 0.0934. The molecular formula is C15H20N2O. The van der Waals surface area contributed by atoms with E-state index in [9.17, 15) is 4.79 Å². The van der Waals surface area contributed by atoms with Crippen LogP contribution in [0.3, 0.4) is 0 Å². The fourth-order valence-electron chi connectivity index (χ4n) is 1.69. The second kappa shape index (κ2) is 7.52. The molecule has 0 aliphatic carbocycles. The maximum atomic E-state index is 12.1. The van der Waals surface area contributed by atoms with Crippen LogP contribution >= 0.6 is 0 Å². The molecule has 1 aromatic carbocycles. The van der Waals surface area contributed by atoms with E-state index in [1.807, 2.05) is 18.2 Å². The Morgan fingerprint density at radius 1 is 1.33 bits per heavy atom. The topological polar surface area (TPSA) is 55.1 Å². The minimum absolute atomic E-state index is 0.0642. The van der Waals surface area contributed by atoms with Gasteiger partial charge < -0.3 is 11.1 Å². The van der Waals surface area contributed by atoms with Crippen molar-refractivity contribution in [3.05, 3.63) is 35.4 Å². The van der Waals surface area contributed by atoms with Crippen molar-refractivity contribution in [1.29, 1.82) is 0 Å². The summed E-state index contributed by atoms with van der Waals surface area (Å²) < 4.78 is 0. The van der Waals surface area contributed by atoms with Crippen LogP contribution < -0.4 is 11.1 Å². The Labute approximate surface area is 109 Å². The highest BCUT2D eigenvalue weighted by Crippen LogP contribution is 2.08. The number of benzene rings is 1. The summed E-state index contributed by atoms with van der Waals surface area (Å²) in [6.07, 6.45) is 1.86. The number of rotatable bonds is 4. The van der Waals surface area contributed by atoms with Gasteiger partial charge in [0.2, 0.25) is 0 Å². The summed E-state index contributed by atoms with van der Waals surface area (Å²) in [5.74, 6) is 5.64. The van der Waals surface area contributed by atoms with Crippen LogP contribution in [0.15, 0.2) is 24.3 Å². The van der Waals surface area contributed by atoms with Gasteiger partial charge in [-0.1, -0.05) is 37.8 Å². The van der Waals surface area contributed by atoms with Gasteiger partial charge >= 0.3 is 0 Å². The third-order valence-corrected chi connectivity index (χ3v) is 2.82. The Hall–Kier alpha value is -1.79. The molecule has 0 aliphatic heterocycles. The third-order valence-electron chi connectivity index (χ3n) is 2.82. The number of hydrogen-bond acceptors (Lipinski definition) is 2. The molecule has 18 heavy (non-hydrogen) atoms. The molecule has 1 amide bonds. The van der Waals surface area contributed by atoms with Gasteiger partial charge in [-0.25, -0.2) is 0 Å². The largest absolute Gasteiger partial charge is 0.349 e. The van der Waals surface area contributed by atoms with Gasteiger partial charge in [0.25, 0.3) is 5.91 Å². The van der Waals surface area contributed by atoms with Gasteiger partial charge in [0.05, 0.1) is 12.1 Å². The predicted octanol–water partition coefficient (Wildman–Crippen LogP) is 1.92. The number of hydrogen-bond donors (Lipinski definition) is 2. The highest BCUT2D eigenvalue weighted by molar-refractivity contribution is 5.96. The van der Waals surface area contributed by atoms with Gasteiger partial charge in [-0.15, -0.1) is 0 Å². The van der Waals surface area contributed by atoms with Crippen LogP contribution in [0.5, 0.6) is 0 Å². The molecule has 0 atom stereocenters. The van der Waals surface area contributed by atoms with E-state index < -0.39 is 0 Å². The zero-order valence-corrected chi connectivity index (χ0v) is 11.0. The van der Waals surface area contributed by atoms with Crippen molar-refractivity contribution in [1.82, 2.24) is 5.32 Å². The van der Waals surface area contributed by atoms with Crippen molar-refractivity contribution in [3.8, 4) is 11.8 Å². The summed E-state index contributed by atoms with van der Waals surface area (Å²) in [7, 11) is 0. The van der Waals surface area contributed by atoms with Gasteiger partial charge in [-0.2, -0.15) is 0 Å². The van der Waals surface area contributed by atoms with E-state index in [-0.39, 0.29) is 11.9 Å². The molecule has 1 aromatic rings. The minimum Gasteiger partial charge on any atom is -0.349 e. The monoisotopic (exact) mass is 244 g/mol. The van der Waals surface area contributed by atoms with Crippen molar-refractivity contribution in [2.75, 3.05) is 6.54 Å². The quantitative estimate of drug-likeness (QED) is 0.795. The van der Waals surface area contributed by atoms with Crippen LogP contribution in [0.1, 0.15) is 42.6 Å². The SMILES string of the molecule is CCC(CC)NC(=O)c1ccccc1C#CCN. The molecule has 0 heterocycles. The molecule has 0 radical (unpaired) electrons. The highest BCUT2D eigenvalue weighted by Gasteiger charge is 2.12. The molecular weight excluding hydrogens is 224 g/mol. The summed E-state index contributed by atoms with van der Waals surface area (Å²) in [6.45, 7) is 4.42. The molecule has 0 fully saturated rings. The molecule has 0 spiro atoms. The van der Waals surface area contributed by atoms with Crippen molar-refractivity contribution in [3.63, 3.8) is 0 Å². The lowest BCUT2D eigenvalue weighted by atomic mass is 10.1. The van der Waals surface area contributed by atoms with Gasteiger partial charge in [0.1, 0.15) is 0 Å². The van der Waals surface area contributed by atoms with E-state index in [0.29, 0.717) is 12.1 Å². The van der Waals surface area contributed by atoms with Gasteiger partial charge in [0.15, 0.2) is 0 Å². The second-order valence-corrected chi connectivity index (χ2v) is 4.04. The number of carbonyl (C=O) groups is 1. The molecule has 96 valence electrons. The summed E-state index contributed by atoms with van der Waals surface area (Å²) >= 11 is 0. The van der Waals surface area contributed by atoms with Crippen LogP contribution in [0.4, 0.5) is 0 Å². The fourth-order valence-corrected chi connectivity index (χ4v) is 1.69. The Morgan fingerprint density at radius 2 is 2.00 bits per heavy atom.